The van der Waals surface area contributed by atoms with Gasteiger partial charge < -0.3 is 5.32 Å². The van der Waals surface area contributed by atoms with Gasteiger partial charge in [0.25, 0.3) is 5.91 Å². The van der Waals surface area contributed by atoms with E-state index in [1.54, 1.807) is 4.68 Å². The third-order valence-corrected chi connectivity index (χ3v) is 3.29. The van der Waals surface area contributed by atoms with Crippen LogP contribution in [0.15, 0.2) is 6.07 Å². The number of aryl methyl sites for hydroxylation is 2. The van der Waals surface area contributed by atoms with Gasteiger partial charge in [0.15, 0.2) is 0 Å². The van der Waals surface area contributed by atoms with Crippen LogP contribution in [0.3, 0.4) is 0 Å². The highest BCUT2D eigenvalue weighted by Gasteiger charge is 2.11. The van der Waals surface area contributed by atoms with Crippen molar-refractivity contribution >= 4 is 28.5 Å². The van der Waals surface area contributed by atoms with E-state index >= 15 is 0 Å². The maximum absolute atomic E-state index is 11.9. The van der Waals surface area contributed by atoms with Crippen LogP contribution >= 0.6 is 22.6 Å². The van der Waals surface area contributed by atoms with Gasteiger partial charge in [-0.15, -0.1) is 0 Å². The second-order valence-electron chi connectivity index (χ2n) is 3.99. The van der Waals surface area contributed by atoms with Gasteiger partial charge >= 0.3 is 0 Å². The summed E-state index contributed by atoms with van der Waals surface area (Å²) in [6.45, 7) is 5.38. The second-order valence-corrected chi connectivity index (χ2v) is 5.07. The maximum atomic E-state index is 11.9. The number of carbonyl (C=O) groups excluding carboxylic acids is 1. The Morgan fingerprint density at radius 1 is 1.47 bits per heavy atom. The summed E-state index contributed by atoms with van der Waals surface area (Å²) < 4.78 is 2.93. The standard InChI is InChI=1S/C12H20IN3O/c1-3-16-11(9-10(2)15-16)12(17)14-8-6-4-5-7-13/h9H,3-8H2,1-2H3,(H,14,17). The Labute approximate surface area is 116 Å². The molecule has 1 heterocycles. The van der Waals surface area contributed by atoms with Crippen LogP contribution in [-0.2, 0) is 6.54 Å². The third-order valence-electron chi connectivity index (χ3n) is 2.53. The molecule has 0 spiro atoms. The minimum Gasteiger partial charge on any atom is -0.351 e. The first kappa shape index (κ1) is 14.5. The summed E-state index contributed by atoms with van der Waals surface area (Å²) in [4.78, 5) is 11.9. The average Bonchev–Trinajstić information content (AvgIpc) is 2.70. The number of carbonyl (C=O) groups is 1. The number of halogens is 1. The Hall–Kier alpha value is -0.590. The molecule has 0 saturated heterocycles. The molecule has 0 aliphatic carbocycles. The number of hydrogen-bond donors (Lipinski definition) is 1. The van der Waals surface area contributed by atoms with Crippen LogP contribution in [0.4, 0.5) is 0 Å². The van der Waals surface area contributed by atoms with Gasteiger partial charge in [0.05, 0.1) is 5.69 Å². The molecular formula is C12H20IN3O. The van der Waals surface area contributed by atoms with E-state index in [2.05, 4.69) is 33.0 Å². The van der Waals surface area contributed by atoms with E-state index in [4.69, 9.17) is 0 Å². The number of amides is 1. The predicted octanol–water partition coefficient (Wildman–Crippen LogP) is 2.55. The quantitative estimate of drug-likeness (QED) is 0.467. The highest BCUT2D eigenvalue weighted by molar-refractivity contribution is 14.1. The van der Waals surface area contributed by atoms with Crippen molar-refractivity contribution in [3.05, 3.63) is 17.5 Å². The Morgan fingerprint density at radius 3 is 2.88 bits per heavy atom. The predicted molar refractivity (Wildman–Crippen MR) is 77.7 cm³/mol. The molecule has 1 aromatic rings. The molecule has 1 rings (SSSR count). The van der Waals surface area contributed by atoms with Gasteiger partial charge in [-0.2, -0.15) is 5.10 Å². The first-order valence-corrected chi connectivity index (χ1v) is 7.60. The van der Waals surface area contributed by atoms with Crippen molar-refractivity contribution in [2.75, 3.05) is 11.0 Å². The summed E-state index contributed by atoms with van der Waals surface area (Å²) in [6, 6.07) is 1.84. The Kier molecular flexibility index (Phi) is 6.54. The topological polar surface area (TPSA) is 46.9 Å². The smallest absolute Gasteiger partial charge is 0.269 e. The molecule has 1 amide bonds. The molecule has 0 aromatic carbocycles. The molecule has 0 radical (unpaired) electrons. The van der Waals surface area contributed by atoms with Crippen LogP contribution in [0.5, 0.6) is 0 Å². The molecule has 1 aromatic heterocycles. The first-order chi connectivity index (χ1) is 8.19. The van der Waals surface area contributed by atoms with Crippen molar-refractivity contribution in [3.63, 3.8) is 0 Å². The molecule has 0 aliphatic rings. The lowest BCUT2D eigenvalue weighted by atomic mass is 10.2. The molecule has 1 N–H and O–H groups in total. The molecule has 0 aliphatic heterocycles. The zero-order valence-electron chi connectivity index (χ0n) is 10.5. The van der Waals surface area contributed by atoms with Crippen molar-refractivity contribution in [2.45, 2.75) is 39.7 Å². The van der Waals surface area contributed by atoms with Crippen molar-refractivity contribution in [1.29, 1.82) is 0 Å². The normalized spacial score (nSPS) is 10.5. The number of alkyl halides is 1. The maximum Gasteiger partial charge on any atom is 0.269 e. The van der Waals surface area contributed by atoms with E-state index in [0.717, 1.165) is 25.2 Å². The lowest BCUT2D eigenvalue weighted by molar-refractivity contribution is 0.0942. The van der Waals surface area contributed by atoms with Gasteiger partial charge in [-0.1, -0.05) is 29.0 Å². The highest BCUT2D eigenvalue weighted by Crippen LogP contribution is 2.04. The van der Waals surface area contributed by atoms with Crippen molar-refractivity contribution in [2.24, 2.45) is 0 Å². The van der Waals surface area contributed by atoms with E-state index in [1.165, 1.54) is 17.3 Å². The molecule has 0 bridgehead atoms. The Balaban J connectivity index is 2.41. The van der Waals surface area contributed by atoms with Crippen molar-refractivity contribution < 1.29 is 4.79 Å². The summed E-state index contributed by atoms with van der Waals surface area (Å²) in [5.74, 6) is -0.0121. The van der Waals surface area contributed by atoms with Gasteiger partial charge in [-0.05, 0) is 37.2 Å². The number of unbranched alkanes of at least 4 members (excludes halogenated alkanes) is 2. The summed E-state index contributed by atoms with van der Waals surface area (Å²) >= 11 is 2.38. The fourth-order valence-corrected chi connectivity index (χ4v) is 2.20. The van der Waals surface area contributed by atoms with Crippen LogP contribution in [0, 0.1) is 6.92 Å². The lowest BCUT2D eigenvalue weighted by Gasteiger charge is -2.06. The molecular weight excluding hydrogens is 329 g/mol. The Morgan fingerprint density at radius 2 is 2.24 bits per heavy atom. The lowest BCUT2D eigenvalue weighted by Crippen LogP contribution is -2.27. The zero-order valence-corrected chi connectivity index (χ0v) is 12.7. The molecule has 5 heteroatoms. The number of nitrogens with zero attached hydrogens (tertiary/aromatic N) is 2. The fraction of sp³-hybridized carbons (Fsp3) is 0.667. The zero-order chi connectivity index (χ0) is 12.7. The minimum absolute atomic E-state index is 0.0121. The van der Waals surface area contributed by atoms with Crippen LogP contribution in [0.25, 0.3) is 0 Å². The molecule has 0 unspecified atom stereocenters. The molecule has 0 atom stereocenters. The third kappa shape index (κ3) is 4.65. The number of hydrogen-bond acceptors (Lipinski definition) is 2. The second kappa shape index (κ2) is 7.68. The van der Waals surface area contributed by atoms with Crippen LogP contribution in [0.1, 0.15) is 42.4 Å². The minimum atomic E-state index is -0.0121. The Bertz CT molecular complexity index is 363. The first-order valence-electron chi connectivity index (χ1n) is 6.07. The van der Waals surface area contributed by atoms with Gasteiger partial charge in [0, 0.05) is 13.1 Å². The monoisotopic (exact) mass is 349 g/mol. The molecule has 4 nitrogen and oxygen atoms in total. The van der Waals surface area contributed by atoms with Gasteiger partial charge in [0.1, 0.15) is 5.69 Å². The molecule has 0 fully saturated rings. The highest BCUT2D eigenvalue weighted by atomic mass is 127. The van der Waals surface area contributed by atoms with E-state index in [1.807, 2.05) is 19.9 Å². The van der Waals surface area contributed by atoms with E-state index < -0.39 is 0 Å². The van der Waals surface area contributed by atoms with E-state index in [0.29, 0.717) is 5.69 Å². The summed E-state index contributed by atoms with van der Waals surface area (Å²) in [7, 11) is 0. The largest absolute Gasteiger partial charge is 0.351 e. The summed E-state index contributed by atoms with van der Waals surface area (Å²) in [5, 5.41) is 7.21. The average molecular weight is 349 g/mol. The fourth-order valence-electron chi connectivity index (χ4n) is 1.66. The van der Waals surface area contributed by atoms with E-state index in [-0.39, 0.29) is 5.91 Å². The van der Waals surface area contributed by atoms with Crippen molar-refractivity contribution in [1.82, 2.24) is 15.1 Å². The van der Waals surface area contributed by atoms with Gasteiger partial charge in [0.2, 0.25) is 0 Å². The SMILES string of the molecule is CCn1nc(C)cc1C(=O)NCCCCCI. The van der Waals surface area contributed by atoms with Crippen LogP contribution in [0.2, 0.25) is 0 Å². The van der Waals surface area contributed by atoms with Crippen LogP contribution < -0.4 is 5.32 Å². The summed E-state index contributed by atoms with van der Waals surface area (Å²) in [6.07, 6.45) is 3.45. The molecule has 17 heavy (non-hydrogen) atoms. The molecule has 96 valence electrons. The number of nitrogens with one attached hydrogen (secondary N) is 1. The van der Waals surface area contributed by atoms with Crippen molar-refractivity contribution in [3.8, 4) is 0 Å². The van der Waals surface area contributed by atoms with Gasteiger partial charge in [-0.25, -0.2) is 0 Å². The van der Waals surface area contributed by atoms with E-state index in [9.17, 15) is 4.79 Å². The van der Waals surface area contributed by atoms with Gasteiger partial charge in [-0.3, -0.25) is 9.48 Å². The summed E-state index contributed by atoms with van der Waals surface area (Å²) in [5.41, 5.74) is 1.56. The van der Waals surface area contributed by atoms with Crippen LogP contribution in [-0.4, -0.2) is 26.7 Å². The number of aromatic nitrogens is 2. The number of rotatable bonds is 7. The molecule has 0 saturated carbocycles.